The molecule has 0 saturated carbocycles. The molecule has 29 heavy (non-hydrogen) atoms. The molecule has 0 radical (unpaired) electrons. The highest BCUT2D eigenvalue weighted by Crippen LogP contribution is 2.17. The molecule has 0 fully saturated rings. The van der Waals surface area contributed by atoms with E-state index < -0.39 is 18.2 Å². The monoisotopic (exact) mass is 395 g/mol. The summed E-state index contributed by atoms with van der Waals surface area (Å²) in [6.07, 6.45) is 5.59. The molecule has 2 aromatic rings. The predicted molar refractivity (Wildman–Crippen MR) is 108 cm³/mol. The number of aliphatic hydroxyl groups is 1. The molecular formula is C22H25N3O4. The maximum Gasteiger partial charge on any atom is 0.253 e. The second-order valence-corrected chi connectivity index (χ2v) is 6.93. The Morgan fingerprint density at radius 1 is 1.17 bits per heavy atom. The van der Waals surface area contributed by atoms with Gasteiger partial charge in [0.2, 0.25) is 5.91 Å². The van der Waals surface area contributed by atoms with Gasteiger partial charge in [-0.2, -0.15) is 0 Å². The van der Waals surface area contributed by atoms with E-state index in [1.165, 1.54) is 6.20 Å². The summed E-state index contributed by atoms with van der Waals surface area (Å²) < 4.78 is 5.81. The molecule has 0 saturated heterocycles. The molecule has 3 rings (SSSR count). The van der Waals surface area contributed by atoms with Crippen LogP contribution in [-0.4, -0.2) is 46.8 Å². The molecule has 7 nitrogen and oxygen atoms in total. The number of aromatic nitrogens is 1. The molecular weight excluding hydrogens is 370 g/mol. The molecule has 7 heteroatoms. The van der Waals surface area contributed by atoms with Gasteiger partial charge in [-0.3, -0.25) is 14.6 Å². The molecule has 3 N–H and O–H groups in total. The van der Waals surface area contributed by atoms with Crippen LogP contribution >= 0.6 is 0 Å². The highest BCUT2D eigenvalue weighted by atomic mass is 16.5. The topological polar surface area (TPSA) is 101 Å². The second kappa shape index (κ2) is 9.95. The van der Waals surface area contributed by atoms with E-state index in [4.69, 9.17) is 4.74 Å². The van der Waals surface area contributed by atoms with Crippen LogP contribution in [-0.2, 0) is 9.53 Å². The molecule has 1 aliphatic heterocycles. The summed E-state index contributed by atoms with van der Waals surface area (Å²) in [5, 5.41) is 15.4. The standard InChI is InChI=1S/C22H25N3O4/c1-15(16-6-3-2-4-7-16)24-21(27)12-18-9-10-19(20(14-26)29-18)25-22(28)17-8-5-11-23-13-17/h2-11,13,15,18-20,26H,12,14H2,1H3,(H,24,27)(H,25,28)/t15-,18+,19-,20-/m1/s1. The van der Waals surface area contributed by atoms with Crippen LogP contribution in [0.25, 0.3) is 0 Å². The number of nitrogens with one attached hydrogen (secondary N) is 2. The van der Waals surface area contributed by atoms with Gasteiger partial charge < -0.3 is 20.5 Å². The van der Waals surface area contributed by atoms with E-state index in [0.717, 1.165) is 5.56 Å². The Morgan fingerprint density at radius 2 is 1.97 bits per heavy atom. The number of hydrogen-bond donors (Lipinski definition) is 3. The second-order valence-electron chi connectivity index (χ2n) is 6.93. The van der Waals surface area contributed by atoms with Crippen molar-refractivity contribution in [2.45, 2.75) is 37.6 Å². The van der Waals surface area contributed by atoms with Gasteiger partial charge in [0, 0.05) is 12.4 Å². The zero-order valence-electron chi connectivity index (χ0n) is 16.2. The van der Waals surface area contributed by atoms with Crippen molar-refractivity contribution in [1.82, 2.24) is 15.6 Å². The SMILES string of the molecule is C[C@@H](NC(=O)C[C@@H]1C=C[C@@H](NC(=O)c2cccnc2)[C@@H](CO)O1)c1ccccc1. The van der Waals surface area contributed by atoms with Crippen LogP contribution < -0.4 is 10.6 Å². The summed E-state index contributed by atoms with van der Waals surface area (Å²) in [5.41, 5.74) is 1.45. The van der Waals surface area contributed by atoms with Gasteiger partial charge in [0.05, 0.1) is 36.8 Å². The first-order chi connectivity index (χ1) is 14.1. The van der Waals surface area contributed by atoms with Crippen LogP contribution in [0.15, 0.2) is 67.0 Å². The van der Waals surface area contributed by atoms with E-state index in [0.29, 0.717) is 5.56 Å². The zero-order valence-corrected chi connectivity index (χ0v) is 16.2. The maximum absolute atomic E-state index is 12.4. The lowest BCUT2D eigenvalue weighted by Crippen LogP contribution is -2.49. The quantitative estimate of drug-likeness (QED) is 0.621. The van der Waals surface area contributed by atoms with E-state index in [1.807, 2.05) is 37.3 Å². The van der Waals surface area contributed by atoms with Gasteiger partial charge in [-0.25, -0.2) is 0 Å². The predicted octanol–water partition coefficient (Wildman–Crippen LogP) is 1.76. The molecule has 1 aliphatic rings. The van der Waals surface area contributed by atoms with Crippen LogP contribution in [0.1, 0.15) is 35.3 Å². The highest BCUT2D eigenvalue weighted by molar-refractivity contribution is 5.94. The van der Waals surface area contributed by atoms with Crippen LogP contribution in [0.5, 0.6) is 0 Å². The summed E-state index contributed by atoms with van der Waals surface area (Å²) in [6, 6.07) is 12.4. The van der Waals surface area contributed by atoms with Crippen LogP contribution in [0.2, 0.25) is 0 Å². The average Bonchev–Trinajstić information content (AvgIpc) is 2.75. The van der Waals surface area contributed by atoms with Gasteiger partial charge in [0.15, 0.2) is 0 Å². The average molecular weight is 395 g/mol. The molecule has 152 valence electrons. The van der Waals surface area contributed by atoms with E-state index in [2.05, 4.69) is 15.6 Å². The number of hydrogen-bond acceptors (Lipinski definition) is 5. The van der Waals surface area contributed by atoms with Gasteiger partial charge in [-0.15, -0.1) is 0 Å². The lowest BCUT2D eigenvalue weighted by Gasteiger charge is -2.31. The fourth-order valence-electron chi connectivity index (χ4n) is 3.18. The number of rotatable bonds is 7. The number of nitrogens with zero attached hydrogens (tertiary/aromatic N) is 1. The third-order valence-electron chi connectivity index (χ3n) is 4.75. The number of pyridine rings is 1. The number of benzene rings is 1. The lowest BCUT2D eigenvalue weighted by molar-refractivity contribution is -0.126. The Balaban J connectivity index is 1.55. The number of aliphatic hydroxyl groups excluding tert-OH is 1. The molecule has 0 bridgehead atoms. The summed E-state index contributed by atoms with van der Waals surface area (Å²) in [4.78, 5) is 28.6. The lowest BCUT2D eigenvalue weighted by atomic mass is 10.0. The van der Waals surface area contributed by atoms with Crippen molar-refractivity contribution in [1.29, 1.82) is 0 Å². The first kappa shape index (κ1) is 20.7. The third kappa shape index (κ3) is 5.73. The van der Waals surface area contributed by atoms with Crippen molar-refractivity contribution in [3.05, 3.63) is 78.1 Å². The third-order valence-corrected chi connectivity index (χ3v) is 4.75. The van der Waals surface area contributed by atoms with Gasteiger partial charge in [0.25, 0.3) is 5.91 Å². The molecule has 2 heterocycles. The number of amides is 2. The molecule has 2 amide bonds. The summed E-state index contributed by atoms with van der Waals surface area (Å²) in [5.74, 6) is -0.451. The molecule has 0 aliphatic carbocycles. The van der Waals surface area contributed by atoms with Crippen molar-refractivity contribution in [3.63, 3.8) is 0 Å². The van der Waals surface area contributed by atoms with E-state index in [-0.39, 0.29) is 30.9 Å². The van der Waals surface area contributed by atoms with Crippen molar-refractivity contribution in [2.24, 2.45) is 0 Å². The minimum atomic E-state index is -0.634. The first-order valence-electron chi connectivity index (χ1n) is 9.56. The normalized spacial score (nSPS) is 21.9. The van der Waals surface area contributed by atoms with Gasteiger partial charge >= 0.3 is 0 Å². The fraction of sp³-hybridized carbons (Fsp3) is 0.318. The Hall–Kier alpha value is -3.03. The summed E-state index contributed by atoms with van der Waals surface area (Å²) in [6.45, 7) is 1.65. The minimum Gasteiger partial charge on any atom is -0.394 e. The zero-order chi connectivity index (χ0) is 20.6. The van der Waals surface area contributed by atoms with Crippen LogP contribution in [0, 0.1) is 0 Å². The molecule has 0 spiro atoms. The molecule has 1 aromatic heterocycles. The molecule has 4 atom stereocenters. The van der Waals surface area contributed by atoms with Crippen molar-refractivity contribution in [3.8, 4) is 0 Å². The van der Waals surface area contributed by atoms with Crippen molar-refractivity contribution < 1.29 is 19.4 Å². The van der Waals surface area contributed by atoms with E-state index in [9.17, 15) is 14.7 Å². The van der Waals surface area contributed by atoms with Crippen LogP contribution in [0.3, 0.4) is 0 Å². The largest absolute Gasteiger partial charge is 0.394 e. The van der Waals surface area contributed by atoms with Crippen molar-refractivity contribution >= 4 is 11.8 Å². The van der Waals surface area contributed by atoms with Gasteiger partial charge in [0.1, 0.15) is 6.10 Å². The first-order valence-corrected chi connectivity index (χ1v) is 9.56. The van der Waals surface area contributed by atoms with E-state index >= 15 is 0 Å². The van der Waals surface area contributed by atoms with Crippen molar-refractivity contribution in [2.75, 3.05) is 6.61 Å². The summed E-state index contributed by atoms with van der Waals surface area (Å²) in [7, 11) is 0. The summed E-state index contributed by atoms with van der Waals surface area (Å²) >= 11 is 0. The number of carbonyl (C=O) groups excluding carboxylic acids is 2. The molecule has 0 unspecified atom stereocenters. The Bertz CT molecular complexity index is 842. The number of ether oxygens (including phenoxy) is 1. The fourth-order valence-corrected chi connectivity index (χ4v) is 3.18. The maximum atomic E-state index is 12.4. The van der Waals surface area contributed by atoms with Crippen LogP contribution in [0.4, 0.5) is 0 Å². The highest BCUT2D eigenvalue weighted by Gasteiger charge is 2.29. The molecule has 1 aromatic carbocycles. The minimum absolute atomic E-state index is 0.114. The van der Waals surface area contributed by atoms with E-state index in [1.54, 1.807) is 30.5 Å². The Morgan fingerprint density at radius 3 is 2.66 bits per heavy atom. The van der Waals surface area contributed by atoms with Gasteiger partial charge in [-0.1, -0.05) is 42.5 Å². The Labute approximate surface area is 169 Å². The Kier molecular flexibility index (Phi) is 7.10. The smallest absolute Gasteiger partial charge is 0.253 e. The van der Waals surface area contributed by atoms with Gasteiger partial charge in [-0.05, 0) is 24.6 Å². The number of carbonyl (C=O) groups is 2.